The van der Waals surface area contributed by atoms with Crippen molar-refractivity contribution in [3.63, 3.8) is 0 Å². The summed E-state index contributed by atoms with van der Waals surface area (Å²) in [6.45, 7) is 9.57. The molecule has 0 amide bonds. The van der Waals surface area contributed by atoms with Crippen LogP contribution in [0.5, 0.6) is 0 Å². The van der Waals surface area contributed by atoms with E-state index in [1.807, 2.05) is 13.8 Å². The minimum absolute atomic E-state index is 0.0262. The first kappa shape index (κ1) is 17.6. The van der Waals surface area contributed by atoms with Crippen molar-refractivity contribution in [2.45, 2.75) is 59.1 Å². The first-order valence-electron chi connectivity index (χ1n) is 7.50. The molecule has 21 heavy (non-hydrogen) atoms. The summed E-state index contributed by atoms with van der Waals surface area (Å²) in [6, 6.07) is 4.12. The van der Waals surface area contributed by atoms with Gasteiger partial charge in [-0.25, -0.2) is 4.39 Å². The molecule has 0 aliphatic rings. The number of nitrogens with two attached hydrogens (primary N) is 1. The lowest BCUT2D eigenvalue weighted by Crippen LogP contribution is -2.35. The van der Waals surface area contributed by atoms with Crippen LogP contribution in [0.2, 0.25) is 0 Å². The number of hydrogen-bond donors (Lipinski definition) is 1. The predicted molar refractivity (Wildman–Crippen MR) is 82.5 cm³/mol. The first-order chi connectivity index (χ1) is 9.77. The second-order valence-corrected chi connectivity index (χ2v) is 5.84. The number of hydrogen-bond acceptors (Lipinski definition) is 3. The van der Waals surface area contributed by atoms with E-state index in [2.05, 4.69) is 13.8 Å². The Morgan fingerprint density at radius 3 is 2.43 bits per heavy atom. The van der Waals surface area contributed by atoms with Crippen molar-refractivity contribution >= 4 is 5.97 Å². The third-order valence-electron chi connectivity index (χ3n) is 4.03. The van der Waals surface area contributed by atoms with E-state index in [-0.39, 0.29) is 17.8 Å². The van der Waals surface area contributed by atoms with Crippen molar-refractivity contribution in [3.8, 4) is 0 Å². The number of carbonyl (C=O) groups is 1. The van der Waals surface area contributed by atoms with Crippen molar-refractivity contribution in [2.24, 2.45) is 11.7 Å². The molecule has 1 rings (SSSR count). The number of halogens is 1. The molecule has 0 aliphatic carbocycles. The zero-order valence-electron chi connectivity index (χ0n) is 13.5. The van der Waals surface area contributed by atoms with Gasteiger partial charge in [-0.05, 0) is 49.9 Å². The van der Waals surface area contributed by atoms with E-state index in [9.17, 15) is 9.18 Å². The Labute approximate surface area is 126 Å². The van der Waals surface area contributed by atoms with Crippen molar-refractivity contribution in [3.05, 3.63) is 35.1 Å². The van der Waals surface area contributed by atoms with Crippen molar-refractivity contribution < 1.29 is 13.9 Å². The molecule has 0 saturated carbocycles. The van der Waals surface area contributed by atoms with Crippen LogP contribution in [0.15, 0.2) is 18.2 Å². The summed E-state index contributed by atoms with van der Waals surface area (Å²) < 4.78 is 18.8. The van der Waals surface area contributed by atoms with Gasteiger partial charge in [-0.3, -0.25) is 4.79 Å². The van der Waals surface area contributed by atoms with Gasteiger partial charge in [0, 0.05) is 5.92 Å². The van der Waals surface area contributed by atoms with Gasteiger partial charge < -0.3 is 10.5 Å². The highest BCUT2D eigenvalue weighted by Crippen LogP contribution is 2.34. The number of carbonyl (C=O) groups excluding carboxylic acids is 1. The van der Waals surface area contributed by atoms with Crippen LogP contribution in [0.25, 0.3) is 0 Å². The maximum atomic E-state index is 13.3. The highest BCUT2D eigenvalue weighted by atomic mass is 19.1. The van der Waals surface area contributed by atoms with Gasteiger partial charge >= 0.3 is 5.97 Å². The normalized spacial score (nSPS) is 16.9. The molecule has 0 radical (unpaired) electrons. The fourth-order valence-electron chi connectivity index (χ4n) is 2.65. The van der Waals surface area contributed by atoms with Crippen molar-refractivity contribution in [2.75, 3.05) is 0 Å². The third-order valence-corrected chi connectivity index (χ3v) is 4.03. The topological polar surface area (TPSA) is 52.3 Å². The number of ether oxygens (including phenoxy) is 1. The molecule has 118 valence electrons. The molecular weight excluding hydrogens is 269 g/mol. The third kappa shape index (κ3) is 4.53. The van der Waals surface area contributed by atoms with E-state index in [1.165, 1.54) is 12.1 Å². The Morgan fingerprint density at radius 1 is 1.33 bits per heavy atom. The number of rotatable bonds is 6. The van der Waals surface area contributed by atoms with E-state index >= 15 is 0 Å². The van der Waals surface area contributed by atoms with E-state index in [0.717, 1.165) is 17.5 Å². The Morgan fingerprint density at radius 2 is 1.95 bits per heavy atom. The fraction of sp³-hybridized carbons (Fsp3) is 0.588. The van der Waals surface area contributed by atoms with Crippen molar-refractivity contribution in [1.82, 2.24) is 0 Å². The van der Waals surface area contributed by atoms with Gasteiger partial charge in [0.05, 0.1) is 0 Å². The van der Waals surface area contributed by atoms with Crippen LogP contribution < -0.4 is 5.73 Å². The SMILES string of the molecule is CCC(C)[C@H](c1ccc(F)cc1C)[C@H](C)OC(=O)[C@H](C)N. The summed E-state index contributed by atoms with van der Waals surface area (Å²) in [6.07, 6.45) is 0.643. The maximum absolute atomic E-state index is 13.3. The average molecular weight is 295 g/mol. The lowest BCUT2D eigenvalue weighted by Gasteiger charge is -2.31. The highest BCUT2D eigenvalue weighted by molar-refractivity contribution is 5.75. The molecule has 3 nitrogen and oxygen atoms in total. The molecule has 0 saturated heterocycles. The van der Waals surface area contributed by atoms with Gasteiger partial charge in [0.25, 0.3) is 0 Å². The second kappa shape index (κ2) is 7.55. The summed E-state index contributed by atoms with van der Waals surface area (Å²) in [5, 5.41) is 0. The summed E-state index contributed by atoms with van der Waals surface area (Å²) in [7, 11) is 0. The zero-order valence-corrected chi connectivity index (χ0v) is 13.5. The molecule has 1 aromatic carbocycles. The molecule has 2 N–H and O–H groups in total. The van der Waals surface area contributed by atoms with E-state index < -0.39 is 12.0 Å². The predicted octanol–water partition coefficient (Wildman–Crippen LogP) is 3.54. The minimum Gasteiger partial charge on any atom is -0.461 e. The lowest BCUT2D eigenvalue weighted by atomic mass is 9.80. The monoisotopic (exact) mass is 295 g/mol. The second-order valence-electron chi connectivity index (χ2n) is 5.84. The van der Waals surface area contributed by atoms with E-state index in [0.29, 0.717) is 5.92 Å². The smallest absolute Gasteiger partial charge is 0.322 e. The molecule has 0 heterocycles. The van der Waals surface area contributed by atoms with Crippen LogP contribution in [0, 0.1) is 18.7 Å². The van der Waals surface area contributed by atoms with Crippen molar-refractivity contribution in [1.29, 1.82) is 0 Å². The Balaban J connectivity index is 3.08. The lowest BCUT2D eigenvalue weighted by molar-refractivity contribution is -0.151. The summed E-state index contributed by atoms with van der Waals surface area (Å²) >= 11 is 0. The molecule has 1 aromatic rings. The zero-order chi connectivity index (χ0) is 16.2. The number of aryl methyl sites for hydroxylation is 1. The summed E-state index contributed by atoms with van der Waals surface area (Å²) in [5.41, 5.74) is 7.46. The Kier molecular flexibility index (Phi) is 6.34. The molecule has 0 aliphatic heterocycles. The first-order valence-corrected chi connectivity index (χ1v) is 7.50. The summed E-state index contributed by atoms with van der Waals surface area (Å²) in [4.78, 5) is 11.7. The standard InChI is InChI=1S/C17H26FNO2/c1-6-10(2)16(13(5)21-17(20)12(4)19)15-8-7-14(18)9-11(15)3/h7-10,12-13,16H,6,19H2,1-5H3/t10?,12-,13-,16-/m0/s1. The maximum Gasteiger partial charge on any atom is 0.322 e. The van der Waals surface area contributed by atoms with Crippen LogP contribution in [-0.4, -0.2) is 18.1 Å². The fourth-order valence-corrected chi connectivity index (χ4v) is 2.65. The molecule has 0 aromatic heterocycles. The molecule has 0 spiro atoms. The van der Waals surface area contributed by atoms with Crippen LogP contribution in [0.3, 0.4) is 0 Å². The summed E-state index contributed by atoms with van der Waals surface area (Å²) in [5.74, 6) is -0.321. The van der Waals surface area contributed by atoms with Gasteiger partial charge in [-0.1, -0.05) is 26.3 Å². The minimum atomic E-state index is -0.639. The van der Waals surface area contributed by atoms with Crippen LogP contribution in [-0.2, 0) is 9.53 Å². The molecule has 4 atom stereocenters. The largest absolute Gasteiger partial charge is 0.461 e. The molecule has 4 heteroatoms. The molecule has 0 bridgehead atoms. The van der Waals surface area contributed by atoms with Gasteiger partial charge in [0.2, 0.25) is 0 Å². The number of esters is 1. The van der Waals surface area contributed by atoms with Gasteiger partial charge in [0.15, 0.2) is 0 Å². The van der Waals surface area contributed by atoms with E-state index in [1.54, 1.807) is 13.0 Å². The van der Waals surface area contributed by atoms with Gasteiger partial charge in [-0.2, -0.15) is 0 Å². The van der Waals surface area contributed by atoms with Crippen LogP contribution >= 0.6 is 0 Å². The van der Waals surface area contributed by atoms with Crippen LogP contribution in [0.4, 0.5) is 4.39 Å². The number of benzene rings is 1. The highest BCUT2D eigenvalue weighted by Gasteiger charge is 2.29. The quantitative estimate of drug-likeness (QED) is 0.817. The molecule has 1 unspecified atom stereocenters. The van der Waals surface area contributed by atoms with E-state index in [4.69, 9.17) is 10.5 Å². The molecule has 0 fully saturated rings. The average Bonchev–Trinajstić information content (AvgIpc) is 2.40. The van der Waals surface area contributed by atoms with Gasteiger partial charge in [-0.15, -0.1) is 0 Å². The molecular formula is C17H26FNO2. The van der Waals surface area contributed by atoms with Gasteiger partial charge in [0.1, 0.15) is 18.0 Å². The Hall–Kier alpha value is -1.42. The van der Waals surface area contributed by atoms with Crippen LogP contribution in [0.1, 0.15) is 51.2 Å². The Bertz CT molecular complexity index is 488.